The minimum Gasteiger partial charge on any atom is -0.449 e. The minimum absolute atomic E-state index is 0.0723. The van der Waals surface area contributed by atoms with E-state index in [1.807, 2.05) is 0 Å². The van der Waals surface area contributed by atoms with Crippen LogP contribution in [-0.2, 0) is 9.53 Å². The first kappa shape index (κ1) is 14.8. The van der Waals surface area contributed by atoms with E-state index in [1.165, 1.54) is 25.1 Å². The third-order valence-electron chi connectivity index (χ3n) is 2.13. The van der Waals surface area contributed by atoms with Gasteiger partial charge in [0.25, 0.3) is 5.91 Å². The smallest absolute Gasteiger partial charge is 0.341 e. The lowest BCUT2D eigenvalue weighted by Crippen LogP contribution is -2.42. The molecule has 0 radical (unpaired) electrons. The van der Waals surface area contributed by atoms with Crippen molar-refractivity contribution in [2.75, 3.05) is 5.73 Å². The summed E-state index contributed by atoms with van der Waals surface area (Å²) in [4.78, 5) is 33.5. The summed E-state index contributed by atoms with van der Waals surface area (Å²) in [5.74, 6) is -1.63. The number of imide groups is 1. The van der Waals surface area contributed by atoms with Crippen molar-refractivity contribution in [1.29, 1.82) is 0 Å². The number of urea groups is 1. The van der Waals surface area contributed by atoms with E-state index in [0.717, 1.165) is 0 Å². The maximum Gasteiger partial charge on any atom is 0.341 e. The zero-order valence-electron chi connectivity index (χ0n) is 9.98. The number of nitrogen functional groups attached to an aromatic ring is 1. The number of anilines is 1. The summed E-state index contributed by atoms with van der Waals surface area (Å²) in [6, 6.07) is 3.19. The molecule has 0 aliphatic rings. The molecular formula is C11H12ClN3O4. The Bertz CT molecular complexity index is 533. The highest BCUT2D eigenvalue weighted by molar-refractivity contribution is 6.31. The molecule has 0 aromatic heterocycles. The summed E-state index contributed by atoms with van der Waals surface area (Å²) in [7, 11) is 0. The SMILES string of the molecule is CC(OC(=O)c1ccc(Cl)cc1N)C(=O)NC(N)=O. The van der Waals surface area contributed by atoms with Gasteiger partial charge in [-0.2, -0.15) is 0 Å². The maximum atomic E-state index is 11.7. The van der Waals surface area contributed by atoms with Gasteiger partial charge in [-0.3, -0.25) is 10.1 Å². The lowest BCUT2D eigenvalue weighted by molar-refractivity contribution is -0.127. The molecule has 0 fully saturated rings. The van der Waals surface area contributed by atoms with Gasteiger partial charge in [0, 0.05) is 10.7 Å². The van der Waals surface area contributed by atoms with Crippen LogP contribution in [-0.4, -0.2) is 24.0 Å². The highest BCUT2D eigenvalue weighted by Crippen LogP contribution is 2.19. The zero-order valence-corrected chi connectivity index (χ0v) is 10.7. The van der Waals surface area contributed by atoms with Crippen LogP contribution < -0.4 is 16.8 Å². The van der Waals surface area contributed by atoms with E-state index in [2.05, 4.69) is 0 Å². The van der Waals surface area contributed by atoms with E-state index in [4.69, 9.17) is 27.8 Å². The fourth-order valence-electron chi connectivity index (χ4n) is 1.22. The van der Waals surface area contributed by atoms with Crippen LogP contribution in [0.4, 0.5) is 10.5 Å². The summed E-state index contributed by atoms with van der Waals surface area (Å²) < 4.78 is 4.84. The van der Waals surface area contributed by atoms with E-state index in [1.54, 1.807) is 5.32 Å². The standard InChI is InChI=1S/C11H12ClN3O4/c1-5(9(16)15-11(14)18)19-10(17)7-3-2-6(12)4-8(7)13/h2-5H,13H2,1H3,(H3,14,15,16,18). The average Bonchev–Trinajstić information content (AvgIpc) is 2.27. The van der Waals surface area contributed by atoms with Gasteiger partial charge in [0.15, 0.2) is 6.10 Å². The molecule has 1 atom stereocenters. The zero-order chi connectivity index (χ0) is 14.6. The molecule has 0 aliphatic carbocycles. The quantitative estimate of drug-likeness (QED) is 0.556. The number of ether oxygens (including phenoxy) is 1. The summed E-state index contributed by atoms with van der Waals surface area (Å²) >= 11 is 5.69. The van der Waals surface area contributed by atoms with E-state index in [-0.39, 0.29) is 11.3 Å². The van der Waals surface area contributed by atoms with Crippen LogP contribution in [0, 0.1) is 0 Å². The first-order valence-corrected chi connectivity index (χ1v) is 5.55. The summed E-state index contributed by atoms with van der Waals surface area (Å²) in [6.45, 7) is 1.29. The van der Waals surface area contributed by atoms with Crippen molar-refractivity contribution in [3.05, 3.63) is 28.8 Å². The van der Waals surface area contributed by atoms with Crippen molar-refractivity contribution < 1.29 is 19.1 Å². The van der Waals surface area contributed by atoms with Gasteiger partial charge < -0.3 is 16.2 Å². The predicted octanol–water partition coefficient (Wildman–Crippen LogP) is 0.662. The number of nitrogens with one attached hydrogen (secondary N) is 1. The third-order valence-corrected chi connectivity index (χ3v) is 2.37. The number of benzene rings is 1. The number of carbonyl (C=O) groups is 3. The van der Waals surface area contributed by atoms with Crippen LogP contribution in [0.2, 0.25) is 5.02 Å². The molecule has 1 aromatic rings. The van der Waals surface area contributed by atoms with Crippen molar-refractivity contribution >= 4 is 35.2 Å². The van der Waals surface area contributed by atoms with Crippen LogP contribution in [0.1, 0.15) is 17.3 Å². The van der Waals surface area contributed by atoms with Gasteiger partial charge in [0.05, 0.1) is 5.56 Å². The van der Waals surface area contributed by atoms with Crippen molar-refractivity contribution in [2.45, 2.75) is 13.0 Å². The second-order valence-electron chi connectivity index (χ2n) is 3.63. The maximum absolute atomic E-state index is 11.7. The second-order valence-corrected chi connectivity index (χ2v) is 4.07. The minimum atomic E-state index is -1.19. The molecule has 102 valence electrons. The van der Waals surface area contributed by atoms with Crippen LogP contribution in [0.15, 0.2) is 18.2 Å². The molecule has 19 heavy (non-hydrogen) atoms. The number of hydrogen-bond acceptors (Lipinski definition) is 5. The highest BCUT2D eigenvalue weighted by Gasteiger charge is 2.21. The molecule has 0 bridgehead atoms. The number of primary amides is 1. The lowest BCUT2D eigenvalue weighted by Gasteiger charge is -2.12. The van der Waals surface area contributed by atoms with Gasteiger partial charge >= 0.3 is 12.0 Å². The predicted molar refractivity (Wildman–Crippen MR) is 68.5 cm³/mol. The molecule has 3 amide bonds. The van der Waals surface area contributed by atoms with Crippen molar-refractivity contribution in [3.63, 3.8) is 0 Å². The molecule has 0 saturated heterocycles. The van der Waals surface area contributed by atoms with Gasteiger partial charge in [-0.25, -0.2) is 9.59 Å². The Labute approximate surface area is 113 Å². The first-order valence-electron chi connectivity index (χ1n) is 5.17. The van der Waals surface area contributed by atoms with Crippen LogP contribution in [0.3, 0.4) is 0 Å². The van der Waals surface area contributed by atoms with Crippen molar-refractivity contribution in [1.82, 2.24) is 5.32 Å². The molecule has 7 nitrogen and oxygen atoms in total. The molecule has 8 heteroatoms. The number of rotatable bonds is 3. The van der Waals surface area contributed by atoms with E-state index < -0.39 is 24.0 Å². The first-order chi connectivity index (χ1) is 8.81. The molecule has 0 aliphatic heterocycles. The van der Waals surface area contributed by atoms with Crippen molar-refractivity contribution in [3.8, 4) is 0 Å². The number of hydrogen-bond donors (Lipinski definition) is 3. The van der Waals surface area contributed by atoms with Gasteiger partial charge in [0.2, 0.25) is 0 Å². The van der Waals surface area contributed by atoms with Crippen LogP contribution >= 0.6 is 11.6 Å². The van der Waals surface area contributed by atoms with Crippen molar-refractivity contribution in [2.24, 2.45) is 5.73 Å². The van der Waals surface area contributed by atoms with Crippen LogP contribution in [0.5, 0.6) is 0 Å². The Hall–Kier alpha value is -2.28. The number of amides is 3. The van der Waals surface area contributed by atoms with Crippen LogP contribution in [0.25, 0.3) is 0 Å². The monoisotopic (exact) mass is 285 g/mol. The number of esters is 1. The molecule has 1 aromatic carbocycles. The highest BCUT2D eigenvalue weighted by atomic mass is 35.5. The average molecular weight is 286 g/mol. The van der Waals surface area contributed by atoms with Gasteiger partial charge in [0.1, 0.15) is 0 Å². The molecular weight excluding hydrogens is 274 g/mol. The number of nitrogens with two attached hydrogens (primary N) is 2. The molecule has 1 unspecified atom stereocenters. The van der Waals surface area contributed by atoms with E-state index in [0.29, 0.717) is 5.02 Å². The van der Waals surface area contributed by atoms with Gasteiger partial charge in [-0.05, 0) is 25.1 Å². The van der Waals surface area contributed by atoms with E-state index in [9.17, 15) is 14.4 Å². The molecule has 0 heterocycles. The topological polar surface area (TPSA) is 125 Å². The largest absolute Gasteiger partial charge is 0.449 e. The summed E-state index contributed by atoms with van der Waals surface area (Å²) in [5, 5.41) is 2.16. The van der Waals surface area contributed by atoms with E-state index >= 15 is 0 Å². The Morgan fingerprint density at radius 3 is 2.53 bits per heavy atom. The molecule has 0 saturated carbocycles. The number of carbonyl (C=O) groups excluding carboxylic acids is 3. The molecule has 0 spiro atoms. The van der Waals surface area contributed by atoms with Gasteiger partial charge in [-0.1, -0.05) is 11.6 Å². The second kappa shape index (κ2) is 6.05. The van der Waals surface area contributed by atoms with Gasteiger partial charge in [-0.15, -0.1) is 0 Å². The molecule has 1 rings (SSSR count). The Morgan fingerprint density at radius 1 is 1.37 bits per heavy atom. The fraction of sp³-hybridized carbons (Fsp3) is 0.182. The number of halogens is 1. The Balaban J connectivity index is 2.74. The fourth-order valence-corrected chi connectivity index (χ4v) is 1.40. The molecule has 5 N–H and O–H groups in total. The summed E-state index contributed by atoms with van der Waals surface area (Å²) in [5.41, 5.74) is 10.6. The normalized spacial score (nSPS) is 11.5. The Kier molecular flexibility index (Phi) is 4.71. The third kappa shape index (κ3) is 4.14. The Morgan fingerprint density at radius 2 is 2.00 bits per heavy atom. The lowest BCUT2D eigenvalue weighted by atomic mass is 10.2. The summed E-state index contributed by atoms with van der Waals surface area (Å²) in [6.07, 6.45) is -1.19.